The molecule has 19 heavy (non-hydrogen) atoms. The lowest BCUT2D eigenvalue weighted by molar-refractivity contribution is 0.228. The van der Waals surface area contributed by atoms with Crippen LogP contribution in [0.25, 0.3) is 12.2 Å². The summed E-state index contributed by atoms with van der Waals surface area (Å²) in [7, 11) is 0. The molecule has 0 saturated heterocycles. The Kier molecular flexibility index (Phi) is 5.15. The lowest BCUT2D eigenvalue weighted by atomic mass is 10.1. The molecule has 0 bridgehead atoms. The summed E-state index contributed by atoms with van der Waals surface area (Å²) in [6.07, 6.45) is 7.97. The first-order valence-electron chi connectivity index (χ1n) is 6.47. The van der Waals surface area contributed by atoms with Crippen molar-refractivity contribution >= 4 is 12.2 Å². The predicted molar refractivity (Wildman–Crippen MR) is 81.6 cm³/mol. The zero-order valence-corrected chi connectivity index (χ0v) is 10.8. The van der Waals surface area contributed by atoms with E-state index in [1.54, 1.807) is 0 Å². The molecule has 2 aromatic rings. The highest BCUT2D eigenvalue weighted by Gasteiger charge is 1.95. The summed E-state index contributed by atoms with van der Waals surface area (Å²) in [4.78, 5) is 0. The van der Waals surface area contributed by atoms with E-state index in [9.17, 15) is 5.11 Å². The Labute approximate surface area is 114 Å². The molecule has 0 spiro atoms. The summed E-state index contributed by atoms with van der Waals surface area (Å²) in [5.41, 5.74) is 2.26. The smallest absolute Gasteiger partial charge is 0.0758 e. The first-order valence-corrected chi connectivity index (χ1v) is 6.47. The molecular weight excluding hydrogens is 232 g/mol. The lowest BCUT2D eigenvalue weighted by Crippen LogP contribution is -1.98. The monoisotopic (exact) mass is 250 g/mol. The molecule has 0 saturated carbocycles. The Morgan fingerprint density at radius 2 is 1.32 bits per heavy atom. The van der Waals surface area contributed by atoms with Crippen LogP contribution in [0.3, 0.4) is 0 Å². The second-order valence-corrected chi connectivity index (χ2v) is 4.39. The van der Waals surface area contributed by atoms with Crippen molar-refractivity contribution in [1.29, 1.82) is 0 Å². The van der Waals surface area contributed by atoms with Gasteiger partial charge in [-0.25, -0.2) is 0 Å². The molecule has 0 aromatic heterocycles. The minimum Gasteiger partial charge on any atom is -0.389 e. The lowest BCUT2D eigenvalue weighted by Gasteiger charge is -2.00. The number of hydrogen-bond donors (Lipinski definition) is 1. The van der Waals surface area contributed by atoms with E-state index in [0.717, 1.165) is 11.1 Å². The van der Waals surface area contributed by atoms with Crippen molar-refractivity contribution in [1.82, 2.24) is 0 Å². The van der Waals surface area contributed by atoms with Gasteiger partial charge in [0.2, 0.25) is 0 Å². The molecule has 1 heteroatoms. The number of aliphatic hydroxyl groups excluding tert-OH is 1. The highest BCUT2D eigenvalue weighted by Crippen LogP contribution is 2.06. The van der Waals surface area contributed by atoms with Gasteiger partial charge in [-0.15, -0.1) is 0 Å². The standard InChI is InChI=1S/C18H18O/c19-18(15-14-17-10-5-2-6-11-17)13-7-12-16-8-3-1-4-9-16/h1-12,14-15,18-19H,13H2/b12-7-,15-14+. The van der Waals surface area contributed by atoms with Gasteiger partial charge in [-0.2, -0.15) is 0 Å². The predicted octanol–water partition coefficient (Wildman–Crippen LogP) is 4.16. The van der Waals surface area contributed by atoms with Crippen LogP contribution in [0.5, 0.6) is 0 Å². The molecule has 2 rings (SSSR count). The maximum Gasteiger partial charge on any atom is 0.0758 e. The van der Waals surface area contributed by atoms with Gasteiger partial charge in [0.25, 0.3) is 0 Å². The van der Waals surface area contributed by atoms with Crippen molar-refractivity contribution in [2.24, 2.45) is 0 Å². The second-order valence-electron chi connectivity index (χ2n) is 4.39. The number of benzene rings is 2. The van der Waals surface area contributed by atoms with Gasteiger partial charge in [-0.1, -0.05) is 85.0 Å². The van der Waals surface area contributed by atoms with Gasteiger partial charge < -0.3 is 5.11 Å². The van der Waals surface area contributed by atoms with E-state index in [0.29, 0.717) is 6.42 Å². The van der Waals surface area contributed by atoms with Crippen LogP contribution in [0.4, 0.5) is 0 Å². The minimum atomic E-state index is -0.444. The van der Waals surface area contributed by atoms with Gasteiger partial charge in [0, 0.05) is 0 Å². The molecule has 0 aliphatic carbocycles. The SMILES string of the molecule is OC(/C=C/c1ccccc1)C/C=C\c1ccccc1. The van der Waals surface area contributed by atoms with Crippen LogP contribution < -0.4 is 0 Å². The Morgan fingerprint density at radius 3 is 1.89 bits per heavy atom. The number of rotatable bonds is 5. The fourth-order valence-electron chi connectivity index (χ4n) is 1.77. The topological polar surface area (TPSA) is 20.2 Å². The molecule has 0 fully saturated rings. The normalized spacial score (nSPS) is 13.1. The third-order valence-corrected chi connectivity index (χ3v) is 2.80. The molecule has 1 atom stereocenters. The molecule has 1 nitrogen and oxygen atoms in total. The zero-order chi connectivity index (χ0) is 13.3. The summed E-state index contributed by atoms with van der Waals surface area (Å²) in [5, 5.41) is 9.85. The van der Waals surface area contributed by atoms with E-state index in [-0.39, 0.29) is 0 Å². The van der Waals surface area contributed by atoms with Crippen molar-refractivity contribution in [2.45, 2.75) is 12.5 Å². The Bertz CT molecular complexity index is 526. The first kappa shape index (κ1) is 13.3. The van der Waals surface area contributed by atoms with Crippen LogP contribution >= 0.6 is 0 Å². The maximum atomic E-state index is 9.85. The molecule has 0 amide bonds. The molecule has 2 aromatic carbocycles. The molecular formula is C18H18O. The van der Waals surface area contributed by atoms with E-state index in [1.807, 2.05) is 85.0 Å². The van der Waals surface area contributed by atoms with Crippen molar-refractivity contribution < 1.29 is 5.11 Å². The van der Waals surface area contributed by atoms with Crippen molar-refractivity contribution in [2.75, 3.05) is 0 Å². The molecule has 0 aliphatic heterocycles. The molecule has 0 radical (unpaired) electrons. The highest BCUT2D eigenvalue weighted by molar-refractivity contribution is 5.50. The van der Waals surface area contributed by atoms with Crippen LogP contribution in [0.1, 0.15) is 17.5 Å². The zero-order valence-electron chi connectivity index (χ0n) is 10.8. The second kappa shape index (κ2) is 7.34. The van der Waals surface area contributed by atoms with Gasteiger partial charge in [0.05, 0.1) is 6.10 Å². The van der Waals surface area contributed by atoms with Crippen molar-refractivity contribution in [3.8, 4) is 0 Å². The van der Waals surface area contributed by atoms with Crippen LogP contribution in [0.2, 0.25) is 0 Å². The fraction of sp³-hybridized carbons (Fsp3) is 0.111. The van der Waals surface area contributed by atoms with Gasteiger partial charge in [0.15, 0.2) is 0 Å². The van der Waals surface area contributed by atoms with E-state index in [2.05, 4.69) is 0 Å². The third kappa shape index (κ3) is 4.94. The van der Waals surface area contributed by atoms with Crippen LogP contribution in [-0.4, -0.2) is 11.2 Å². The van der Waals surface area contributed by atoms with E-state index < -0.39 is 6.10 Å². The van der Waals surface area contributed by atoms with Crippen molar-refractivity contribution in [3.05, 3.63) is 83.9 Å². The van der Waals surface area contributed by atoms with E-state index >= 15 is 0 Å². The number of aliphatic hydroxyl groups is 1. The van der Waals surface area contributed by atoms with Crippen LogP contribution in [0, 0.1) is 0 Å². The minimum absolute atomic E-state index is 0.444. The maximum absolute atomic E-state index is 9.85. The Morgan fingerprint density at radius 1 is 0.789 bits per heavy atom. The summed E-state index contributed by atoms with van der Waals surface area (Å²) >= 11 is 0. The largest absolute Gasteiger partial charge is 0.389 e. The van der Waals surface area contributed by atoms with Crippen molar-refractivity contribution in [3.63, 3.8) is 0 Å². The van der Waals surface area contributed by atoms with Crippen LogP contribution in [0.15, 0.2) is 72.8 Å². The molecule has 1 N–H and O–H groups in total. The molecule has 96 valence electrons. The first-order chi connectivity index (χ1) is 9.34. The highest BCUT2D eigenvalue weighted by atomic mass is 16.3. The Hall–Kier alpha value is -2.12. The summed E-state index contributed by atoms with van der Waals surface area (Å²) < 4.78 is 0. The summed E-state index contributed by atoms with van der Waals surface area (Å²) in [5.74, 6) is 0. The molecule has 1 unspecified atom stereocenters. The third-order valence-electron chi connectivity index (χ3n) is 2.80. The fourth-order valence-corrected chi connectivity index (χ4v) is 1.77. The average molecular weight is 250 g/mol. The van der Waals surface area contributed by atoms with E-state index in [1.165, 1.54) is 0 Å². The van der Waals surface area contributed by atoms with Gasteiger partial charge >= 0.3 is 0 Å². The summed E-state index contributed by atoms with van der Waals surface area (Å²) in [6, 6.07) is 20.1. The molecule has 0 aliphatic rings. The average Bonchev–Trinajstić information content (AvgIpc) is 2.47. The van der Waals surface area contributed by atoms with Gasteiger partial charge in [-0.05, 0) is 17.5 Å². The Balaban J connectivity index is 1.83. The van der Waals surface area contributed by atoms with Crippen LogP contribution in [-0.2, 0) is 0 Å². The number of hydrogen-bond acceptors (Lipinski definition) is 1. The van der Waals surface area contributed by atoms with Gasteiger partial charge in [0.1, 0.15) is 0 Å². The molecule has 0 heterocycles. The van der Waals surface area contributed by atoms with E-state index in [4.69, 9.17) is 0 Å². The van der Waals surface area contributed by atoms with Gasteiger partial charge in [-0.3, -0.25) is 0 Å². The quantitative estimate of drug-likeness (QED) is 0.844. The summed E-state index contributed by atoms with van der Waals surface area (Å²) in [6.45, 7) is 0.